The van der Waals surface area contributed by atoms with E-state index in [4.69, 9.17) is 8.94 Å². The Morgan fingerprint density at radius 2 is 1.97 bits per heavy atom. The molecule has 1 saturated heterocycles. The van der Waals surface area contributed by atoms with Crippen LogP contribution in [0.5, 0.6) is 0 Å². The Labute approximate surface area is 180 Å². The number of fused-ring (bicyclic) bond motifs is 1. The SMILES string of the molecule is O=C(c1cc(-c2ccc3c(c2)CCCC3)on1)N(Cc1ccco1)[C@H]1CCS(=O)(=O)C1. The number of rotatable bonds is 5. The molecule has 0 unspecified atom stereocenters. The molecule has 1 amide bonds. The topological polar surface area (TPSA) is 93.6 Å². The summed E-state index contributed by atoms with van der Waals surface area (Å²) >= 11 is 0. The van der Waals surface area contributed by atoms with Crippen LogP contribution < -0.4 is 0 Å². The summed E-state index contributed by atoms with van der Waals surface area (Å²) in [6.45, 7) is 0.188. The summed E-state index contributed by atoms with van der Waals surface area (Å²) in [6.07, 6.45) is 6.49. The molecule has 1 aliphatic carbocycles. The van der Waals surface area contributed by atoms with E-state index in [1.54, 1.807) is 18.2 Å². The molecule has 31 heavy (non-hydrogen) atoms. The third kappa shape index (κ3) is 4.17. The molecule has 7 nitrogen and oxygen atoms in total. The molecule has 0 radical (unpaired) electrons. The molecule has 0 N–H and O–H groups in total. The molecule has 3 aromatic rings. The first-order valence-electron chi connectivity index (χ1n) is 10.6. The van der Waals surface area contributed by atoms with Gasteiger partial charge >= 0.3 is 0 Å². The summed E-state index contributed by atoms with van der Waals surface area (Å²) in [5.41, 5.74) is 3.76. The number of aromatic nitrogens is 1. The lowest BCUT2D eigenvalue weighted by Gasteiger charge is -2.26. The number of sulfone groups is 1. The Balaban J connectivity index is 1.41. The number of aryl methyl sites for hydroxylation is 2. The predicted molar refractivity (Wildman–Crippen MR) is 114 cm³/mol. The van der Waals surface area contributed by atoms with Gasteiger partial charge < -0.3 is 13.8 Å². The Hall–Kier alpha value is -2.87. The van der Waals surface area contributed by atoms with E-state index in [1.165, 1.54) is 35.1 Å². The molecule has 5 rings (SSSR count). The van der Waals surface area contributed by atoms with Gasteiger partial charge in [0, 0.05) is 17.7 Å². The molecule has 0 saturated carbocycles. The second-order valence-electron chi connectivity index (χ2n) is 8.34. The van der Waals surface area contributed by atoms with Crippen molar-refractivity contribution < 1.29 is 22.2 Å². The van der Waals surface area contributed by atoms with Gasteiger partial charge in [0.2, 0.25) is 0 Å². The van der Waals surface area contributed by atoms with Gasteiger partial charge in [-0.05, 0) is 61.4 Å². The summed E-state index contributed by atoms with van der Waals surface area (Å²) in [5.74, 6) is 0.810. The highest BCUT2D eigenvalue weighted by Gasteiger charge is 2.36. The Kier molecular flexibility index (Phi) is 5.17. The van der Waals surface area contributed by atoms with E-state index in [-0.39, 0.29) is 29.7 Å². The van der Waals surface area contributed by atoms with Crippen LogP contribution in [0.1, 0.15) is 46.6 Å². The quantitative estimate of drug-likeness (QED) is 0.601. The molecule has 162 valence electrons. The molecule has 1 aliphatic heterocycles. The second kappa shape index (κ2) is 8.00. The zero-order chi connectivity index (χ0) is 21.4. The third-order valence-corrected chi connectivity index (χ3v) is 7.93. The summed E-state index contributed by atoms with van der Waals surface area (Å²) in [7, 11) is -3.15. The highest BCUT2D eigenvalue weighted by atomic mass is 32.2. The Morgan fingerprint density at radius 1 is 1.13 bits per heavy atom. The fourth-order valence-corrected chi connectivity index (χ4v) is 6.23. The Morgan fingerprint density at radius 3 is 2.71 bits per heavy atom. The maximum absolute atomic E-state index is 13.3. The number of nitrogens with zero attached hydrogens (tertiary/aromatic N) is 2. The molecule has 0 spiro atoms. The first-order chi connectivity index (χ1) is 15.0. The standard InChI is InChI=1S/C23H24N2O5S/c26-23(25(14-20-6-3-10-29-20)19-9-11-31(27,28)15-19)21-13-22(30-24-21)18-8-7-16-4-1-2-5-17(16)12-18/h3,6-8,10,12-13,19H,1-2,4-5,9,11,14-15H2/t19-/m0/s1. The zero-order valence-corrected chi connectivity index (χ0v) is 17.9. The number of carbonyl (C=O) groups is 1. The summed E-state index contributed by atoms with van der Waals surface area (Å²) < 4.78 is 35.0. The van der Waals surface area contributed by atoms with Crippen molar-refractivity contribution in [2.75, 3.05) is 11.5 Å². The molecule has 1 aromatic carbocycles. The van der Waals surface area contributed by atoms with Crippen molar-refractivity contribution in [2.45, 2.75) is 44.7 Å². The lowest BCUT2D eigenvalue weighted by molar-refractivity contribution is 0.0655. The van der Waals surface area contributed by atoms with Crippen LogP contribution in [-0.2, 0) is 29.2 Å². The van der Waals surface area contributed by atoms with Crippen LogP contribution in [0.4, 0.5) is 0 Å². The van der Waals surface area contributed by atoms with E-state index in [9.17, 15) is 13.2 Å². The largest absolute Gasteiger partial charge is 0.467 e. The van der Waals surface area contributed by atoms with Crippen molar-refractivity contribution in [1.29, 1.82) is 0 Å². The molecule has 8 heteroatoms. The van der Waals surface area contributed by atoms with Crippen LogP contribution in [0.25, 0.3) is 11.3 Å². The number of furan rings is 1. The minimum atomic E-state index is -3.15. The molecule has 2 aliphatic rings. The maximum Gasteiger partial charge on any atom is 0.276 e. The van der Waals surface area contributed by atoms with E-state index in [0.717, 1.165) is 18.4 Å². The summed E-state index contributed by atoms with van der Waals surface area (Å²) in [4.78, 5) is 14.9. The van der Waals surface area contributed by atoms with Crippen molar-refractivity contribution >= 4 is 15.7 Å². The van der Waals surface area contributed by atoms with Gasteiger partial charge in [0.1, 0.15) is 5.76 Å². The van der Waals surface area contributed by atoms with Crippen molar-refractivity contribution in [3.8, 4) is 11.3 Å². The van der Waals surface area contributed by atoms with Crippen molar-refractivity contribution in [1.82, 2.24) is 10.1 Å². The molecule has 2 aromatic heterocycles. The van der Waals surface area contributed by atoms with Gasteiger partial charge in [-0.15, -0.1) is 0 Å². The lowest BCUT2D eigenvalue weighted by atomic mass is 9.90. The lowest BCUT2D eigenvalue weighted by Crippen LogP contribution is -2.40. The first-order valence-corrected chi connectivity index (χ1v) is 12.4. The minimum absolute atomic E-state index is 0.0466. The van der Waals surface area contributed by atoms with Crippen LogP contribution >= 0.6 is 0 Å². The average Bonchev–Trinajstić information content (AvgIpc) is 3.52. The maximum atomic E-state index is 13.3. The highest BCUT2D eigenvalue weighted by Crippen LogP contribution is 2.29. The fourth-order valence-electron chi connectivity index (χ4n) is 4.50. The van der Waals surface area contributed by atoms with Crippen LogP contribution in [0.3, 0.4) is 0 Å². The smallest absolute Gasteiger partial charge is 0.276 e. The van der Waals surface area contributed by atoms with Gasteiger partial charge in [0.25, 0.3) is 5.91 Å². The first kappa shape index (κ1) is 20.1. The molecular formula is C23H24N2O5S. The van der Waals surface area contributed by atoms with Crippen molar-refractivity contribution in [3.05, 3.63) is 65.2 Å². The van der Waals surface area contributed by atoms with Crippen LogP contribution in [0.15, 0.2) is 51.6 Å². The number of carbonyl (C=O) groups excluding carboxylic acids is 1. The predicted octanol–water partition coefficient (Wildman–Crippen LogP) is 3.64. The zero-order valence-electron chi connectivity index (χ0n) is 17.1. The van der Waals surface area contributed by atoms with Gasteiger partial charge in [-0.3, -0.25) is 4.79 Å². The van der Waals surface area contributed by atoms with Crippen LogP contribution in [0, 0.1) is 0 Å². The third-order valence-electron chi connectivity index (χ3n) is 6.18. The minimum Gasteiger partial charge on any atom is -0.467 e. The Bertz CT molecular complexity index is 1200. The van der Waals surface area contributed by atoms with E-state index in [0.29, 0.717) is 17.9 Å². The van der Waals surface area contributed by atoms with Gasteiger partial charge in [-0.25, -0.2) is 8.42 Å². The van der Waals surface area contributed by atoms with E-state index in [2.05, 4.69) is 17.3 Å². The fraction of sp³-hybridized carbons (Fsp3) is 0.391. The van der Waals surface area contributed by atoms with Crippen LogP contribution in [-0.4, -0.2) is 41.9 Å². The van der Waals surface area contributed by atoms with E-state index >= 15 is 0 Å². The monoisotopic (exact) mass is 440 g/mol. The number of hydrogen-bond acceptors (Lipinski definition) is 6. The number of benzene rings is 1. The van der Waals surface area contributed by atoms with Gasteiger partial charge in [0.05, 0.1) is 24.3 Å². The molecule has 3 heterocycles. The molecular weight excluding hydrogens is 416 g/mol. The van der Waals surface area contributed by atoms with Crippen molar-refractivity contribution in [3.63, 3.8) is 0 Å². The normalized spacial score (nSPS) is 19.8. The average molecular weight is 441 g/mol. The van der Waals surface area contributed by atoms with Gasteiger partial charge in [-0.1, -0.05) is 17.3 Å². The number of hydrogen-bond donors (Lipinski definition) is 0. The van der Waals surface area contributed by atoms with Gasteiger partial charge in [-0.2, -0.15) is 0 Å². The molecule has 1 atom stereocenters. The number of amides is 1. The van der Waals surface area contributed by atoms with E-state index in [1.807, 2.05) is 6.07 Å². The highest BCUT2D eigenvalue weighted by molar-refractivity contribution is 7.91. The van der Waals surface area contributed by atoms with Crippen molar-refractivity contribution in [2.24, 2.45) is 0 Å². The van der Waals surface area contributed by atoms with Gasteiger partial charge in [0.15, 0.2) is 21.3 Å². The van der Waals surface area contributed by atoms with E-state index < -0.39 is 15.9 Å². The summed E-state index contributed by atoms with van der Waals surface area (Å²) in [5, 5.41) is 4.02. The molecule has 0 bridgehead atoms. The van der Waals surface area contributed by atoms with Crippen LogP contribution in [0.2, 0.25) is 0 Å². The second-order valence-corrected chi connectivity index (χ2v) is 10.6. The molecule has 1 fully saturated rings. The summed E-state index contributed by atoms with van der Waals surface area (Å²) in [6, 6.07) is 11.0.